The molecule has 2 rings (SSSR count). The molecule has 2 aromatic carbocycles. The minimum Gasteiger partial charge on any atom is -0.493 e. The maximum atomic E-state index is 12.4. The molecule has 2 atom stereocenters. The molecule has 0 spiro atoms. The zero-order chi connectivity index (χ0) is 21.2. The Balaban J connectivity index is 1.88. The van der Waals surface area contributed by atoms with Gasteiger partial charge < -0.3 is 19.5 Å². The fourth-order valence-corrected chi connectivity index (χ4v) is 2.81. The molecule has 1 amide bonds. The molecule has 0 heterocycles. The Hall–Kier alpha value is -3.02. The molecular formula is C23H29NO5. The molecule has 6 nitrogen and oxygen atoms in total. The Kier molecular flexibility index (Phi) is 8.52. The third kappa shape index (κ3) is 6.82. The quantitative estimate of drug-likeness (QED) is 0.616. The average molecular weight is 399 g/mol. The number of esters is 1. The number of carbonyl (C=O) groups excluding carboxylic acids is 2. The van der Waals surface area contributed by atoms with Gasteiger partial charge in [0.2, 0.25) is 0 Å². The molecule has 2 aromatic rings. The van der Waals surface area contributed by atoms with Gasteiger partial charge in [0.1, 0.15) is 0 Å². The van der Waals surface area contributed by atoms with Gasteiger partial charge >= 0.3 is 5.97 Å². The van der Waals surface area contributed by atoms with Crippen LogP contribution in [0.5, 0.6) is 11.5 Å². The number of methoxy groups -OCH3 is 1. The van der Waals surface area contributed by atoms with E-state index >= 15 is 0 Å². The van der Waals surface area contributed by atoms with Gasteiger partial charge in [-0.15, -0.1) is 0 Å². The lowest BCUT2D eigenvalue weighted by atomic mass is 10.1. The largest absolute Gasteiger partial charge is 0.493 e. The molecule has 0 aromatic heterocycles. The number of aryl methyl sites for hydroxylation is 1. The third-order valence-corrected chi connectivity index (χ3v) is 4.45. The van der Waals surface area contributed by atoms with Crippen LogP contribution in [0.15, 0.2) is 48.5 Å². The smallest absolute Gasteiger partial charge is 0.339 e. The molecule has 1 N–H and O–H groups in total. The van der Waals surface area contributed by atoms with Crippen molar-refractivity contribution in [2.75, 3.05) is 13.7 Å². The molecular weight excluding hydrogens is 370 g/mol. The first-order valence-electron chi connectivity index (χ1n) is 9.80. The summed E-state index contributed by atoms with van der Waals surface area (Å²) in [6.07, 6.45) is 0.758. The van der Waals surface area contributed by atoms with Gasteiger partial charge in [-0.2, -0.15) is 0 Å². The van der Waals surface area contributed by atoms with E-state index in [0.717, 1.165) is 12.8 Å². The lowest BCUT2D eigenvalue weighted by molar-refractivity contribution is -0.129. The second-order valence-corrected chi connectivity index (χ2v) is 6.78. The number of ether oxygens (including phenoxy) is 3. The number of hydrogen-bond acceptors (Lipinski definition) is 5. The molecule has 0 bridgehead atoms. The summed E-state index contributed by atoms with van der Waals surface area (Å²) in [7, 11) is 1.53. The van der Waals surface area contributed by atoms with E-state index in [9.17, 15) is 9.59 Å². The van der Waals surface area contributed by atoms with Gasteiger partial charge in [-0.05, 0) is 57.4 Å². The first-order valence-corrected chi connectivity index (χ1v) is 9.80. The summed E-state index contributed by atoms with van der Waals surface area (Å²) in [5.41, 5.74) is 1.52. The molecule has 6 heteroatoms. The Morgan fingerprint density at radius 1 is 1.03 bits per heavy atom. The molecule has 0 unspecified atom stereocenters. The second-order valence-electron chi connectivity index (χ2n) is 6.78. The molecule has 29 heavy (non-hydrogen) atoms. The number of amides is 1. The van der Waals surface area contributed by atoms with Crippen molar-refractivity contribution in [3.05, 3.63) is 59.7 Å². The first-order chi connectivity index (χ1) is 13.9. The highest BCUT2D eigenvalue weighted by Crippen LogP contribution is 2.28. The Morgan fingerprint density at radius 3 is 2.41 bits per heavy atom. The van der Waals surface area contributed by atoms with Crippen molar-refractivity contribution in [3.63, 3.8) is 0 Å². The van der Waals surface area contributed by atoms with Crippen molar-refractivity contribution < 1.29 is 23.8 Å². The van der Waals surface area contributed by atoms with Gasteiger partial charge in [0.25, 0.3) is 5.91 Å². The Morgan fingerprint density at radius 2 is 1.76 bits per heavy atom. The zero-order valence-corrected chi connectivity index (χ0v) is 17.4. The SMILES string of the molecule is CCOc1cc(C(=O)O[C@@H](C)C(=O)N[C@@H](C)CCc2ccccc2)ccc1OC. The summed E-state index contributed by atoms with van der Waals surface area (Å²) in [6, 6.07) is 14.8. The molecule has 0 aliphatic carbocycles. The van der Waals surface area contributed by atoms with E-state index in [-0.39, 0.29) is 11.9 Å². The summed E-state index contributed by atoms with van der Waals surface area (Å²) in [5, 5.41) is 2.90. The minimum atomic E-state index is -0.903. The van der Waals surface area contributed by atoms with E-state index in [0.29, 0.717) is 23.7 Å². The van der Waals surface area contributed by atoms with E-state index in [2.05, 4.69) is 17.4 Å². The van der Waals surface area contributed by atoms with Crippen LogP contribution in [0.1, 0.15) is 43.1 Å². The molecule has 0 aliphatic rings. The summed E-state index contributed by atoms with van der Waals surface area (Å²) < 4.78 is 16.0. The number of benzene rings is 2. The summed E-state index contributed by atoms with van der Waals surface area (Å²) in [5.74, 6) is 0.0724. The second kappa shape index (κ2) is 11.1. The topological polar surface area (TPSA) is 73.9 Å². The molecule has 0 aliphatic heterocycles. The molecule has 156 valence electrons. The van der Waals surface area contributed by atoms with E-state index < -0.39 is 12.1 Å². The standard InChI is InChI=1S/C23H29NO5/c1-5-28-21-15-19(13-14-20(21)27-4)23(26)29-17(3)22(25)24-16(2)11-12-18-9-7-6-8-10-18/h6-10,13-17H,5,11-12H2,1-4H3,(H,24,25)/t16-,17-/m0/s1. The van der Waals surface area contributed by atoms with Crippen molar-refractivity contribution in [1.82, 2.24) is 5.32 Å². The number of hydrogen-bond donors (Lipinski definition) is 1. The van der Waals surface area contributed by atoms with Gasteiger partial charge in [0.05, 0.1) is 19.3 Å². The van der Waals surface area contributed by atoms with Gasteiger partial charge in [-0.25, -0.2) is 4.79 Å². The summed E-state index contributed by atoms with van der Waals surface area (Å²) in [4.78, 5) is 24.8. The van der Waals surface area contributed by atoms with Crippen LogP contribution in [0.2, 0.25) is 0 Å². The lowest BCUT2D eigenvalue weighted by Crippen LogP contribution is -2.41. The number of rotatable bonds is 10. The van der Waals surface area contributed by atoms with Gasteiger partial charge in [-0.1, -0.05) is 30.3 Å². The van der Waals surface area contributed by atoms with Gasteiger partial charge in [0.15, 0.2) is 17.6 Å². The van der Waals surface area contributed by atoms with Crippen LogP contribution in [0, 0.1) is 0 Å². The van der Waals surface area contributed by atoms with Crippen LogP contribution in [0.4, 0.5) is 0 Å². The maximum Gasteiger partial charge on any atom is 0.339 e. The maximum absolute atomic E-state index is 12.4. The van der Waals surface area contributed by atoms with Crippen molar-refractivity contribution in [2.45, 2.75) is 45.8 Å². The van der Waals surface area contributed by atoms with Crippen molar-refractivity contribution in [2.24, 2.45) is 0 Å². The Bertz CT molecular complexity index is 806. The highest BCUT2D eigenvalue weighted by Gasteiger charge is 2.21. The van der Waals surface area contributed by atoms with Gasteiger partial charge in [-0.3, -0.25) is 4.79 Å². The van der Waals surface area contributed by atoms with Crippen LogP contribution in [0.3, 0.4) is 0 Å². The average Bonchev–Trinajstić information content (AvgIpc) is 2.73. The molecule has 0 radical (unpaired) electrons. The fraction of sp³-hybridized carbons (Fsp3) is 0.391. The zero-order valence-electron chi connectivity index (χ0n) is 17.4. The van der Waals surface area contributed by atoms with E-state index in [1.54, 1.807) is 25.1 Å². The van der Waals surface area contributed by atoms with Crippen molar-refractivity contribution in [1.29, 1.82) is 0 Å². The first kappa shape index (κ1) is 22.3. The predicted octanol–water partition coefficient (Wildman–Crippen LogP) is 3.78. The molecule has 0 saturated carbocycles. The van der Waals surface area contributed by atoms with Gasteiger partial charge in [0, 0.05) is 6.04 Å². The van der Waals surface area contributed by atoms with E-state index in [1.807, 2.05) is 32.0 Å². The minimum absolute atomic E-state index is 0.0330. The lowest BCUT2D eigenvalue weighted by Gasteiger charge is -2.18. The van der Waals surface area contributed by atoms with Crippen LogP contribution >= 0.6 is 0 Å². The molecule has 0 fully saturated rings. The van der Waals surface area contributed by atoms with Crippen molar-refractivity contribution >= 4 is 11.9 Å². The Labute approximate surface area is 172 Å². The van der Waals surface area contributed by atoms with E-state index in [4.69, 9.17) is 14.2 Å². The number of carbonyl (C=O) groups is 2. The van der Waals surface area contributed by atoms with Crippen LogP contribution in [-0.4, -0.2) is 37.7 Å². The van der Waals surface area contributed by atoms with Crippen LogP contribution in [-0.2, 0) is 16.0 Å². The number of nitrogens with one attached hydrogen (secondary N) is 1. The highest BCUT2D eigenvalue weighted by atomic mass is 16.5. The molecule has 0 saturated heterocycles. The summed E-state index contributed by atoms with van der Waals surface area (Å²) >= 11 is 0. The van der Waals surface area contributed by atoms with E-state index in [1.165, 1.54) is 12.7 Å². The summed E-state index contributed by atoms with van der Waals surface area (Å²) in [6.45, 7) is 5.78. The van der Waals surface area contributed by atoms with Crippen LogP contribution in [0.25, 0.3) is 0 Å². The van der Waals surface area contributed by atoms with Crippen LogP contribution < -0.4 is 14.8 Å². The highest BCUT2D eigenvalue weighted by molar-refractivity contribution is 5.92. The third-order valence-electron chi connectivity index (χ3n) is 4.45. The fourth-order valence-electron chi connectivity index (χ4n) is 2.81. The predicted molar refractivity (Wildman–Crippen MR) is 111 cm³/mol. The monoisotopic (exact) mass is 399 g/mol. The normalized spacial score (nSPS) is 12.6. The van der Waals surface area contributed by atoms with Crippen molar-refractivity contribution in [3.8, 4) is 11.5 Å².